The van der Waals surface area contributed by atoms with Crippen molar-refractivity contribution in [3.8, 4) is 0 Å². The van der Waals surface area contributed by atoms with E-state index in [1.807, 2.05) is 6.92 Å². The van der Waals surface area contributed by atoms with Gasteiger partial charge in [-0.1, -0.05) is 6.92 Å². The highest BCUT2D eigenvalue weighted by atomic mass is 16.5. The van der Waals surface area contributed by atoms with Crippen LogP contribution in [-0.2, 0) is 14.3 Å². The topological polar surface area (TPSA) is 66.8 Å². The molecule has 1 rings (SSSR count). The smallest absolute Gasteiger partial charge is 0.311 e. The third kappa shape index (κ3) is 3.98. The lowest BCUT2D eigenvalue weighted by molar-refractivity contribution is -0.153. The van der Waals surface area contributed by atoms with E-state index in [0.717, 1.165) is 12.8 Å². The molecule has 18 heavy (non-hydrogen) atoms. The molecule has 1 heterocycles. The van der Waals surface area contributed by atoms with Gasteiger partial charge in [-0.2, -0.15) is 0 Å². The van der Waals surface area contributed by atoms with Crippen molar-refractivity contribution in [3.05, 3.63) is 0 Å². The maximum atomic E-state index is 11.9. The normalized spacial score (nSPS) is 24.0. The minimum atomic E-state index is -0.817. The molecule has 0 spiro atoms. The first-order valence-electron chi connectivity index (χ1n) is 6.58. The first kappa shape index (κ1) is 15.0. The third-order valence-corrected chi connectivity index (χ3v) is 3.37. The molecule has 0 bridgehead atoms. The first-order chi connectivity index (χ1) is 8.49. The van der Waals surface area contributed by atoms with E-state index in [-0.39, 0.29) is 5.91 Å². The summed E-state index contributed by atoms with van der Waals surface area (Å²) in [7, 11) is 0. The Kier molecular flexibility index (Phi) is 5.59. The van der Waals surface area contributed by atoms with Gasteiger partial charge in [0, 0.05) is 19.7 Å². The van der Waals surface area contributed by atoms with Gasteiger partial charge in [0.2, 0.25) is 5.91 Å². The van der Waals surface area contributed by atoms with Crippen molar-refractivity contribution in [2.45, 2.75) is 39.5 Å². The molecule has 1 fully saturated rings. The van der Waals surface area contributed by atoms with Crippen LogP contribution in [0.5, 0.6) is 0 Å². The number of aliphatic carboxylic acids is 1. The van der Waals surface area contributed by atoms with Gasteiger partial charge in [-0.05, 0) is 26.2 Å². The van der Waals surface area contributed by atoms with Crippen molar-refractivity contribution in [1.29, 1.82) is 0 Å². The number of carbonyl (C=O) groups is 2. The summed E-state index contributed by atoms with van der Waals surface area (Å²) >= 11 is 0. The second kappa shape index (κ2) is 6.73. The number of piperidine rings is 1. The lowest BCUT2D eigenvalue weighted by atomic mass is 9.82. The average molecular weight is 257 g/mol. The molecule has 1 amide bonds. The summed E-state index contributed by atoms with van der Waals surface area (Å²) in [6, 6.07) is 0. The van der Waals surface area contributed by atoms with E-state index in [1.54, 1.807) is 11.8 Å². The Hall–Kier alpha value is -1.10. The van der Waals surface area contributed by atoms with Crippen LogP contribution in [0.2, 0.25) is 0 Å². The zero-order valence-electron chi connectivity index (χ0n) is 11.3. The van der Waals surface area contributed by atoms with Crippen molar-refractivity contribution in [2.24, 2.45) is 5.41 Å². The van der Waals surface area contributed by atoms with E-state index in [0.29, 0.717) is 39.1 Å². The monoisotopic (exact) mass is 257 g/mol. The average Bonchev–Trinajstić information content (AvgIpc) is 2.34. The molecule has 0 aromatic rings. The lowest BCUT2D eigenvalue weighted by Crippen LogP contribution is -2.48. The predicted octanol–water partition coefficient (Wildman–Crippen LogP) is 1.52. The minimum Gasteiger partial charge on any atom is -0.481 e. The number of likely N-dealkylation sites (tertiary alicyclic amines) is 1. The van der Waals surface area contributed by atoms with Crippen LogP contribution in [0.4, 0.5) is 0 Å². The summed E-state index contributed by atoms with van der Waals surface area (Å²) in [6.07, 6.45) is 2.67. The van der Waals surface area contributed by atoms with E-state index in [1.165, 1.54) is 0 Å². The van der Waals surface area contributed by atoms with Crippen LogP contribution in [0.1, 0.15) is 39.5 Å². The van der Waals surface area contributed by atoms with Gasteiger partial charge in [-0.25, -0.2) is 0 Å². The van der Waals surface area contributed by atoms with Gasteiger partial charge in [0.25, 0.3) is 0 Å². The highest BCUT2D eigenvalue weighted by molar-refractivity contribution is 5.79. The van der Waals surface area contributed by atoms with Crippen LogP contribution < -0.4 is 0 Å². The van der Waals surface area contributed by atoms with Gasteiger partial charge in [0.1, 0.15) is 0 Å². The number of amides is 1. The van der Waals surface area contributed by atoms with Gasteiger partial charge >= 0.3 is 5.97 Å². The van der Waals surface area contributed by atoms with Crippen LogP contribution in [0, 0.1) is 5.41 Å². The lowest BCUT2D eigenvalue weighted by Gasteiger charge is -2.37. The fourth-order valence-corrected chi connectivity index (χ4v) is 2.19. The number of carboxylic acids is 1. The summed E-state index contributed by atoms with van der Waals surface area (Å²) in [5, 5.41) is 9.18. The Bertz CT molecular complexity index is 305. The van der Waals surface area contributed by atoms with Gasteiger partial charge in [0.05, 0.1) is 18.4 Å². The standard InChI is InChI=1S/C13H23NO4/c1-3-8-18-9-5-11(15)14-7-4-6-13(2,10-14)12(16)17/h3-10H2,1-2H3,(H,16,17). The zero-order chi connectivity index (χ0) is 13.6. The molecule has 1 unspecified atom stereocenters. The fraction of sp³-hybridized carbons (Fsp3) is 0.846. The molecule has 1 atom stereocenters. The molecule has 104 valence electrons. The number of carboxylic acid groups (broad SMARTS) is 1. The number of hydrogen-bond donors (Lipinski definition) is 1. The van der Waals surface area contributed by atoms with Crippen LogP contribution in [-0.4, -0.2) is 48.2 Å². The summed E-state index contributed by atoms with van der Waals surface area (Å²) in [6.45, 7) is 5.80. The molecule has 0 radical (unpaired) electrons. The number of hydrogen-bond acceptors (Lipinski definition) is 3. The number of carbonyl (C=O) groups excluding carboxylic acids is 1. The van der Waals surface area contributed by atoms with E-state index < -0.39 is 11.4 Å². The van der Waals surface area contributed by atoms with Gasteiger partial charge in [-0.15, -0.1) is 0 Å². The Morgan fingerprint density at radius 1 is 1.39 bits per heavy atom. The van der Waals surface area contributed by atoms with Gasteiger partial charge in [0.15, 0.2) is 0 Å². The van der Waals surface area contributed by atoms with E-state index in [2.05, 4.69) is 0 Å². The number of nitrogens with zero attached hydrogens (tertiary/aromatic N) is 1. The molecule has 5 heteroatoms. The molecule has 1 saturated heterocycles. The third-order valence-electron chi connectivity index (χ3n) is 3.37. The van der Waals surface area contributed by atoms with Crippen LogP contribution in [0.3, 0.4) is 0 Å². The molecular weight excluding hydrogens is 234 g/mol. The quantitative estimate of drug-likeness (QED) is 0.732. The summed E-state index contributed by atoms with van der Waals surface area (Å²) in [5.74, 6) is -0.819. The second-order valence-corrected chi connectivity index (χ2v) is 5.15. The van der Waals surface area contributed by atoms with Gasteiger partial charge < -0.3 is 14.7 Å². The van der Waals surface area contributed by atoms with Crippen LogP contribution >= 0.6 is 0 Å². The van der Waals surface area contributed by atoms with Crippen LogP contribution in [0.25, 0.3) is 0 Å². The Morgan fingerprint density at radius 2 is 2.11 bits per heavy atom. The second-order valence-electron chi connectivity index (χ2n) is 5.15. The highest BCUT2D eigenvalue weighted by Gasteiger charge is 2.39. The van der Waals surface area contributed by atoms with Gasteiger partial charge in [-0.3, -0.25) is 9.59 Å². The molecule has 1 aliphatic heterocycles. The van der Waals surface area contributed by atoms with Crippen molar-refractivity contribution in [3.63, 3.8) is 0 Å². The molecule has 0 aliphatic carbocycles. The molecular formula is C13H23NO4. The maximum Gasteiger partial charge on any atom is 0.311 e. The summed E-state index contributed by atoms with van der Waals surface area (Å²) in [5.41, 5.74) is -0.793. The van der Waals surface area contributed by atoms with E-state index in [9.17, 15) is 14.7 Å². The largest absolute Gasteiger partial charge is 0.481 e. The molecule has 0 saturated carbocycles. The molecule has 5 nitrogen and oxygen atoms in total. The summed E-state index contributed by atoms with van der Waals surface area (Å²) < 4.78 is 5.28. The highest BCUT2D eigenvalue weighted by Crippen LogP contribution is 2.29. The summed E-state index contributed by atoms with van der Waals surface area (Å²) in [4.78, 5) is 24.8. The molecule has 1 aliphatic rings. The van der Waals surface area contributed by atoms with Crippen molar-refractivity contribution in [1.82, 2.24) is 4.90 Å². The van der Waals surface area contributed by atoms with Crippen LogP contribution in [0.15, 0.2) is 0 Å². The number of ether oxygens (including phenoxy) is 1. The fourth-order valence-electron chi connectivity index (χ4n) is 2.19. The molecule has 1 N–H and O–H groups in total. The molecule has 0 aromatic heterocycles. The van der Waals surface area contributed by atoms with Crippen molar-refractivity contribution >= 4 is 11.9 Å². The van der Waals surface area contributed by atoms with Crippen molar-refractivity contribution < 1.29 is 19.4 Å². The first-order valence-corrected chi connectivity index (χ1v) is 6.58. The van der Waals surface area contributed by atoms with E-state index in [4.69, 9.17) is 4.74 Å². The predicted molar refractivity (Wildman–Crippen MR) is 67.3 cm³/mol. The Labute approximate surface area is 108 Å². The Morgan fingerprint density at radius 3 is 2.72 bits per heavy atom. The Balaban J connectivity index is 2.41. The van der Waals surface area contributed by atoms with Crippen molar-refractivity contribution in [2.75, 3.05) is 26.3 Å². The molecule has 0 aromatic carbocycles. The number of rotatable bonds is 6. The van der Waals surface area contributed by atoms with E-state index >= 15 is 0 Å². The SMILES string of the molecule is CCCOCCC(=O)N1CCCC(C)(C(=O)O)C1. The zero-order valence-corrected chi connectivity index (χ0v) is 11.3. The minimum absolute atomic E-state index is 0.00159. The maximum absolute atomic E-state index is 11.9.